The molecule has 116 valence electrons. The summed E-state index contributed by atoms with van der Waals surface area (Å²) in [5.74, 6) is 0.748. The fraction of sp³-hybridized carbons (Fsp3) is 1.00. The molecule has 0 N–H and O–H groups in total. The highest BCUT2D eigenvalue weighted by molar-refractivity contribution is 5.00. The fourth-order valence-corrected chi connectivity index (χ4v) is 4.50. The molecule has 2 unspecified atom stereocenters. The number of nitrogens with zero attached hydrogens (tertiary/aromatic N) is 2. The van der Waals surface area contributed by atoms with Crippen molar-refractivity contribution >= 4 is 0 Å². The van der Waals surface area contributed by atoms with E-state index in [4.69, 9.17) is 4.74 Å². The molecule has 3 heterocycles. The molecule has 0 aromatic carbocycles. The first kappa shape index (κ1) is 14.8. The molecule has 3 aliphatic heterocycles. The molecule has 0 aromatic heterocycles. The molecule has 3 nitrogen and oxygen atoms in total. The van der Waals surface area contributed by atoms with Gasteiger partial charge in [0, 0.05) is 43.9 Å². The zero-order valence-electron chi connectivity index (χ0n) is 13.6. The lowest BCUT2D eigenvalue weighted by Gasteiger charge is -2.56. The number of ether oxygens (including phenoxy) is 1. The standard InChI is InChI=1S/C17H32N2O/c1-14(2)16-13-18-9-5-4-6-15(18)12-19(16)17(3)7-10-20-11-8-17/h14-16H,4-13H2,1-3H3. The Hall–Kier alpha value is -0.120. The second-order valence-corrected chi connectivity index (χ2v) is 7.72. The first-order valence-electron chi connectivity index (χ1n) is 8.69. The van der Waals surface area contributed by atoms with Crippen molar-refractivity contribution < 1.29 is 4.74 Å². The number of hydrogen-bond acceptors (Lipinski definition) is 3. The SMILES string of the molecule is CC(C)C1CN2CCCCC2CN1C1(C)CCOCC1. The van der Waals surface area contributed by atoms with Gasteiger partial charge in [-0.3, -0.25) is 9.80 Å². The molecule has 20 heavy (non-hydrogen) atoms. The van der Waals surface area contributed by atoms with Crippen LogP contribution in [0.15, 0.2) is 0 Å². The van der Waals surface area contributed by atoms with E-state index in [1.165, 1.54) is 51.7 Å². The maximum Gasteiger partial charge on any atom is 0.0483 e. The van der Waals surface area contributed by atoms with E-state index >= 15 is 0 Å². The Morgan fingerprint density at radius 1 is 1.10 bits per heavy atom. The summed E-state index contributed by atoms with van der Waals surface area (Å²) in [6, 6.07) is 1.55. The highest BCUT2D eigenvalue weighted by Gasteiger charge is 2.44. The van der Waals surface area contributed by atoms with Gasteiger partial charge in [-0.2, -0.15) is 0 Å². The van der Waals surface area contributed by atoms with Crippen LogP contribution < -0.4 is 0 Å². The normalized spacial score (nSPS) is 36.0. The molecule has 0 saturated carbocycles. The van der Waals surface area contributed by atoms with Crippen LogP contribution in [-0.4, -0.2) is 60.3 Å². The van der Waals surface area contributed by atoms with Gasteiger partial charge in [0.15, 0.2) is 0 Å². The van der Waals surface area contributed by atoms with Crippen LogP contribution in [0.5, 0.6) is 0 Å². The lowest BCUT2D eigenvalue weighted by Crippen LogP contribution is -2.67. The summed E-state index contributed by atoms with van der Waals surface area (Å²) in [6.07, 6.45) is 6.67. The molecule has 0 aliphatic carbocycles. The van der Waals surface area contributed by atoms with Crippen molar-refractivity contribution in [3.8, 4) is 0 Å². The highest BCUT2D eigenvalue weighted by atomic mass is 16.5. The number of piperidine rings is 1. The maximum absolute atomic E-state index is 5.62. The summed E-state index contributed by atoms with van der Waals surface area (Å²) in [7, 11) is 0. The maximum atomic E-state index is 5.62. The first-order chi connectivity index (χ1) is 9.60. The van der Waals surface area contributed by atoms with Crippen LogP contribution in [0.25, 0.3) is 0 Å². The Morgan fingerprint density at radius 2 is 1.85 bits per heavy atom. The van der Waals surface area contributed by atoms with Gasteiger partial charge in [0.25, 0.3) is 0 Å². The van der Waals surface area contributed by atoms with Gasteiger partial charge in [0.1, 0.15) is 0 Å². The van der Waals surface area contributed by atoms with E-state index < -0.39 is 0 Å². The first-order valence-corrected chi connectivity index (χ1v) is 8.69. The zero-order valence-corrected chi connectivity index (χ0v) is 13.6. The van der Waals surface area contributed by atoms with Crippen molar-refractivity contribution in [2.45, 2.75) is 70.5 Å². The molecular formula is C17H32N2O. The van der Waals surface area contributed by atoms with Gasteiger partial charge in [0.05, 0.1) is 0 Å². The molecule has 0 amide bonds. The Bertz CT molecular complexity index is 325. The quantitative estimate of drug-likeness (QED) is 0.773. The van der Waals surface area contributed by atoms with E-state index in [9.17, 15) is 0 Å². The van der Waals surface area contributed by atoms with Crippen molar-refractivity contribution in [2.75, 3.05) is 32.8 Å². The minimum Gasteiger partial charge on any atom is -0.381 e. The molecule has 0 radical (unpaired) electrons. The number of fused-ring (bicyclic) bond motifs is 1. The number of hydrogen-bond donors (Lipinski definition) is 0. The van der Waals surface area contributed by atoms with Crippen molar-refractivity contribution in [1.29, 1.82) is 0 Å². The molecule has 0 aromatic rings. The summed E-state index contributed by atoms with van der Waals surface area (Å²) >= 11 is 0. The second-order valence-electron chi connectivity index (χ2n) is 7.72. The van der Waals surface area contributed by atoms with E-state index in [0.717, 1.165) is 31.2 Å². The van der Waals surface area contributed by atoms with Gasteiger partial charge in [-0.1, -0.05) is 20.3 Å². The van der Waals surface area contributed by atoms with Crippen molar-refractivity contribution in [3.63, 3.8) is 0 Å². The minimum absolute atomic E-state index is 0.372. The van der Waals surface area contributed by atoms with Crippen molar-refractivity contribution in [1.82, 2.24) is 9.80 Å². The van der Waals surface area contributed by atoms with Gasteiger partial charge >= 0.3 is 0 Å². The smallest absolute Gasteiger partial charge is 0.0483 e. The van der Waals surface area contributed by atoms with Gasteiger partial charge in [0.2, 0.25) is 0 Å². The molecule has 2 atom stereocenters. The predicted molar refractivity (Wildman–Crippen MR) is 83.0 cm³/mol. The Kier molecular flexibility index (Phi) is 4.40. The van der Waals surface area contributed by atoms with Crippen LogP contribution >= 0.6 is 0 Å². The van der Waals surface area contributed by atoms with Crippen LogP contribution in [0.2, 0.25) is 0 Å². The van der Waals surface area contributed by atoms with E-state index in [1.54, 1.807) is 0 Å². The molecule has 0 spiro atoms. The third-order valence-electron chi connectivity index (χ3n) is 6.01. The van der Waals surface area contributed by atoms with E-state index in [2.05, 4.69) is 30.6 Å². The minimum atomic E-state index is 0.372. The van der Waals surface area contributed by atoms with E-state index in [-0.39, 0.29) is 0 Å². The third kappa shape index (κ3) is 2.77. The predicted octanol–water partition coefficient (Wildman–Crippen LogP) is 2.75. The highest BCUT2D eigenvalue weighted by Crippen LogP contribution is 2.36. The molecule has 3 aliphatic rings. The average molecular weight is 280 g/mol. The summed E-state index contributed by atoms with van der Waals surface area (Å²) in [4.78, 5) is 5.67. The summed E-state index contributed by atoms with van der Waals surface area (Å²) in [5, 5.41) is 0. The largest absolute Gasteiger partial charge is 0.381 e. The molecular weight excluding hydrogens is 248 g/mol. The van der Waals surface area contributed by atoms with Crippen molar-refractivity contribution in [3.05, 3.63) is 0 Å². The monoisotopic (exact) mass is 280 g/mol. The van der Waals surface area contributed by atoms with E-state index in [1.807, 2.05) is 0 Å². The van der Waals surface area contributed by atoms with Crippen LogP contribution in [0.4, 0.5) is 0 Å². The lowest BCUT2D eigenvalue weighted by molar-refractivity contribution is -0.0971. The summed E-state index contributed by atoms with van der Waals surface area (Å²) in [5.41, 5.74) is 0.372. The van der Waals surface area contributed by atoms with E-state index in [0.29, 0.717) is 5.54 Å². The second kappa shape index (κ2) is 5.94. The third-order valence-corrected chi connectivity index (χ3v) is 6.01. The number of piperazine rings is 1. The molecule has 3 saturated heterocycles. The Morgan fingerprint density at radius 3 is 2.55 bits per heavy atom. The fourth-order valence-electron chi connectivity index (χ4n) is 4.50. The zero-order chi connectivity index (χ0) is 14.2. The van der Waals surface area contributed by atoms with Crippen LogP contribution in [0.1, 0.15) is 52.9 Å². The molecule has 3 rings (SSSR count). The van der Waals surface area contributed by atoms with Crippen LogP contribution in [0.3, 0.4) is 0 Å². The summed E-state index contributed by atoms with van der Waals surface area (Å²) in [6.45, 7) is 13.1. The molecule has 3 heteroatoms. The Labute approximate surface area is 124 Å². The Balaban J connectivity index is 1.78. The van der Waals surface area contributed by atoms with Crippen molar-refractivity contribution in [2.24, 2.45) is 5.92 Å². The van der Waals surface area contributed by atoms with Gasteiger partial charge in [-0.05, 0) is 45.1 Å². The lowest BCUT2D eigenvalue weighted by atomic mass is 9.83. The molecule has 3 fully saturated rings. The summed E-state index contributed by atoms with van der Waals surface area (Å²) < 4.78 is 5.62. The number of rotatable bonds is 2. The topological polar surface area (TPSA) is 15.7 Å². The van der Waals surface area contributed by atoms with Crippen LogP contribution in [0, 0.1) is 5.92 Å². The van der Waals surface area contributed by atoms with Gasteiger partial charge in [-0.25, -0.2) is 0 Å². The van der Waals surface area contributed by atoms with Crippen LogP contribution in [-0.2, 0) is 4.74 Å². The average Bonchev–Trinajstić information content (AvgIpc) is 2.46. The van der Waals surface area contributed by atoms with Gasteiger partial charge < -0.3 is 4.74 Å². The van der Waals surface area contributed by atoms with Gasteiger partial charge in [-0.15, -0.1) is 0 Å². The molecule has 0 bridgehead atoms.